The van der Waals surface area contributed by atoms with E-state index in [1.165, 1.54) is 6.33 Å². The first-order valence-electron chi connectivity index (χ1n) is 5.12. The van der Waals surface area contributed by atoms with Crippen LogP contribution in [0, 0.1) is 0 Å². The summed E-state index contributed by atoms with van der Waals surface area (Å²) in [5, 5.41) is 3.20. The number of hydrogen-bond acceptors (Lipinski definition) is 4. The van der Waals surface area contributed by atoms with Gasteiger partial charge in [0.25, 0.3) is 0 Å². The van der Waals surface area contributed by atoms with Crippen LogP contribution in [0.3, 0.4) is 0 Å². The summed E-state index contributed by atoms with van der Waals surface area (Å²) in [6, 6.07) is 1.85. The van der Waals surface area contributed by atoms with E-state index >= 15 is 0 Å². The zero-order valence-electron chi connectivity index (χ0n) is 8.87. The van der Waals surface area contributed by atoms with Crippen LogP contribution in [-0.2, 0) is 4.74 Å². The van der Waals surface area contributed by atoms with Crippen molar-refractivity contribution in [3.8, 4) is 0 Å². The highest BCUT2D eigenvalue weighted by Gasteiger charge is 1.94. The molecule has 0 saturated heterocycles. The highest BCUT2D eigenvalue weighted by atomic mass is 79.9. The van der Waals surface area contributed by atoms with Gasteiger partial charge in [-0.25, -0.2) is 9.97 Å². The fourth-order valence-electron chi connectivity index (χ4n) is 1.07. The summed E-state index contributed by atoms with van der Waals surface area (Å²) in [6.45, 7) is 4.62. The van der Waals surface area contributed by atoms with E-state index in [2.05, 4.69) is 38.1 Å². The minimum atomic E-state index is 0.794. The molecule has 0 atom stereocenters. The second-order valence-electron chi connectivity index (χ2n) is 3.12. The predicted octanol–water partition coefficient (Wildman–Crippen LogP) is 2.47. The molecule has 0 fully saturated rings. The smallest absolute Gasteiger partial charge is 0.130 e. The maximum absolute atomic E-state index is 5.36. The van der Waals surface area contributed by atoms with Crippen LogP contribution in [0.1, 0.15) is 19.8 Å². The van der Waals surface area contributed by atoms with Crippen LogP contribution in [0.2, 0.25) is 0 Å². The lowest BCUT2D eigenvalue weighted by molar-refractivity contribution is 0.134. The summed E-state index contributed by atoms with van der Waals surface area (Å²) < 4.78 is 6.16. The van der Waals surface area contributed by atoms with Gasteiger partial charge in [0, 0.05) is 25.8 Å². The average molecular weight is 274 g/mol. The Morgan fingerprint density at radius 1 is 1.40 bits per heavy atom. The van der Waals surface area contributed by atoms with Gasteiger partial charge in [-0.15, -0.1) is 0 Å². The van der Waals surface area contributed by atoms with Crippen LogP contribution in [0.25, 0.3) is 0 Å². The maximum atomic E-state index is 5.36. The van der Waals surface area contributed by atoms with Crippen LogP contribution in [0.15, 0.2) is 17.0 Å². The number of halogens is 1. The van der Waals surface area contributed by atoms with Crippen LogP contribution < -0.4 is 5.32 Å². The quantitative estimate of drug-likeness (QED) is 0.613. The highest BCUT2D eigenvalue weighted by Crippen LogP contribution is 2.08. The lowest BCUT2D eigenvalue weighted by Crippen LogP contribution is -2.07. The molecule has 15 heavy (non-hydrogen) atoms. The van der Waals surface area contributed by atoms with Crippen LogP contribution in [0.4, 0.5) is 5.82 Å². The van der Waals surface area contributed by atoms with Gasteiger partial charge in [0.05, 0.1) is 0 Å². The molecule has 1 N–H and O–H groups in total. The zero-order valence-corrected chi connectivity index (χ0v) is 10.5. The van der Waals surface area contributed by atoms with Crippen molar-refractivity contribution in [2.75, 3.05) is 25.1 Å². The Morgan fingerprint density at radius 2 is 2.27 bits per heavy atom. The van der Waals surface area contributed by atoms with Crippen LogP contribution >= 0.6 is 15.9 Å². The molecule has 0 aromatic carbocycles. The molecule has 4 nitrogen and oxygen atoms in total. The third-order valence-corrected chi connectivity index (χ3v) is 2.19. The molecule has 0 aliphatic rings. The molecular weight excluding hydrogens is 258 g/mol. The van der Waals surface area contributed by atoms with Crippen molar-refractivity contribution in [1.82, 2.24) is 9.97 Å². The van der Waals surface area contributed by atoms with E-state index in [0.29, 0.717) is 0 Å². The van der Waals surface area contributed by atoms with E-state index in [1.807, 2.05) is 6.07 Å². The molecule has 0 saturated carbocycles. The minimum absolute atomic E-state index is 0.794. The Balaban J connectivity index is 2.10. The van der Waals surface area contributed by atoms with E-state index in [-0.39, 0.29) is 0 Å². The second kappa shape index (κ2) is 7.59. The SMILES string of the molecule is CCCOCCCNc1cc(Br)ncn1. The molecule has 5 heteroatoms. The molecule has 0 aliphatic carbocycles. The molecule has 1 aromatic rings. The van der Waals surface area contributed by atoms with Gasteiger partial charge in [0.15, 0.2) is 0 Å². The topological polar surface area (TPSA) is 47.0 Å². The van der Waals surface area contributed by atoms with Gasteiger partial charge >= 0.3 is 0 Å². The first-order chi connectivity index (χ1) is 7.33. The van der Waals surface area contributed by atoms with Crippen molar-refractivity contribution in [3.05, 3.63) is 17.0 Å². The lowest BCUT2D eigenvalue weighted by Gasteiger charge is -2.05. The van der Waals surface area contributed by atoms with E-state index in [1.54, 1.807) is 0 Å². The van der Waals surface area contributed by atoms with Crippen LogP contribution in [-0.4, -0.2) is 29.7 Å². The average Bonchev–Trinajstić information content (AvgIpc) is 2.23. The lowest BCUT2D eigenvalue weighted by atomic mass is 10.4. The largest absolute Gasteiger partial charge is 0.381 e. The molecule has 0 spiro atoms. The molecule has 84 valence electrons. The summed E-state index contributed by atoms with van der Waals surface area (Å²) in [6.07, 6.45) is 3.59. The fourth-order valence-corrected chi connectivity index (χ4v) is 1.38. The molecule has 1 aromatic heterocycles. The van der Waals surface area contributed by atoms with Gasteiger partial charge in [0.1, 0.15) is 16.7 Å². The van der Waals surface area contributed by atoms with Gasteiger partial charge < -0.3 is 10.1 Å². The Hall–Kier alpha value is -0.680. The highest BCUT2D eigenvalue weighted by molar-refractivity contribution is 9.10. The third-order valence-electron chi connectivity index (χ3n) is 1.75. The van der Waals surface area contributed by atoms with E-state index in [9.17, 15) is 0 Å². The number of anilines is 1. The predicted molar refractivity (Wildman–Crippen MR) is 63.9 cm³/mol. The first kappa shape index (κ1) is 12.4. The van der Waals surface area contributed by atoms with Gasteiger partial charge in [-0.3, -0.25) is 0 Å². The standard InChI is InChI=1S/C10H16BrN3O/c1-2-5-15-6-3-4-12-10-7-9(11)13-8-14-10/h7-8H,2-6H2,1H3,(H,12,13,14). The van der Waals surface area contributed by atoms with Gasteiger partial charge in [-0.1, -0.05) is 6.92 Å². The maximum Gasteiger partial charge on any atom is 0.130 e. The van der Waals surface area contributed by atoms with Crippen LogP contribution in [0.5, 0.6) is 0 Å². The number of ether oxygens (including phenoxy) is 1. The Labute approximate surface area is 98.6 Å². The Bertz CT molecular complexity index is 283. The van der Waals surface area contributed by atoms with Crippen molar-refractivity contribution in [3.63, 3.8) is 0 Å². The normalized spacial score (nSPS) is 10.3. The third kappa shape index (κ3) is 5.69. The number of aromatic nitrogens is 2. The molecule has 0 radical (unpaired) electrons. The Kier molecular flexibility index (Phi) is 6.27. The molecule has 0 unspecified atom stereocenters. The van der Waals surface area contributed by atoms with E-state index in [4.69, 9.17) is 4.74 Å². The molecule has 0 amide bonds. The molecule has 0 aliphatic heterocycles. The summed E-state index contributed by atoms with van der Waals surface area (Å²) in [5.41, 5.74) is 0. The monoisotopic (exact) mass is 273 g/mol. The minimum Gasteiger partial charge on any atom is -0.381 e. The van der Waals surface area contributed by atoms with Gasteiger partial charge in [-0.2, -0.15) is 0 Å². The van der Waals surface area contributed by atoms with E-state index in [0.717, 1.165) is 43.0 Å². The van der Waals surface area contributed by atoms with Crippen molar-refractivity contribution in [1.29, 1.82) is 0 Å². The molecule has 1 heterocycles. The van der Waals surface area contributed by atoms with E-state index < -0.39 is 0 Å². The summed E-state index contributed by atoms with van der Waals surface area (Å²) in [4.78, 5) is 8.03. The number of hydrogen-bond donors (Lipinski definition) is 1. The summed E-state index contributed by atoms with van der Waals surface area (Å²) in [5.74, 6) is 0.840. The summed E-state index contributed by atoms with van der Waals surface area (Å²) >= 11 is 3.29. The molecular formula is C10H16BrN3O. The number of nitrogens with zero attached hydrogens (tertiary/aromatic N) is 2. The zero-order chi connectivity index (χ0) is 10.9. The van der Waals surface area contributed by atoms with Gasteiger partial charge in [-0.05, 0) is 28.8 Å². The first-order valence-corrected chi connectivity index (χ1v) is 5.91. The van der Waals surface area contributed by atoms with Gasteiger partial charge in [0.2, 0.25) is 0 Å². The van der Waals surface area contributed by atoms with Crippen molar-refractivity contribution >= 4 is 21.7 Å². The molecule has 0 bridgehead atoms. The number of rotatable bonds is 7. The Morgan fingerprint density at radius 3 is 3.00 bits per heavy atom. The fraction of sp³-hybridized carbons (Fsp3) is 0.600. The van der Waals surface area contributed by atoms with Crippen molar-refractivity contribution in [2.24, 2.45) is 0 Å². The summed E-state index contributed by atoms with van der Waals surface area (Å²) in [7, 11) is 0. The van der Waals surface area contributed by atoms with Crippen molar-refractivity contribution in [2.45, 2.75) is 19.8 Å². The van der Waals surface area contributed by atoms with Crippen molar-refractivity contribution < 1.29 is 4.74 Å². The second-order valence-corrected chi connectivity index (χ2v) is 3.93. The molecule has 1 rings (SSSR count). The number of nitrogens with one attached hydrogen (secondary N) is 1.